The van der Waals surface area contributed by atoms with Crippen LogP contribution in [-0.2, 0) is 14.8 Å². The van der Waals surface area contributed by atoms with Crippen molar-refractivity contribution in [3.05, 3.63) is 127 Å². The number of aliphatic hydroxyl groups excluding tert-OH is 1. The maximum atomic E-state index is 14.2. The number of carbonyl (C=O) groups excluding carboxylic acids is 2. The Hall–Kier alpha value is -5.30. The number of fused-ring (bicyclic) bond motifs is 1. The Kier molecular flexibility index (Phi) is 9.67. The summed E-state index contributed by atoms with van der Waals surface area (Å²) in [6.45, 7) is -0.372. The topological polar surface area (TPSA) is 132 Å². The lowest BCUT2D eigenvalue weighted by molar-refractivity contribution is -0.136. The number of nitrogens with one attached hydrogen (secondary N) is 1. The highest BCUT2D eigenvalue weighted by atomic mass is 32.2. The van der Waals surface area contributed by atoms with E-state index in [1.165, 1.54) is 29.1 Å². The first-order chi connectivity index (χ1) is 23.2. The highest BCUT2D eigenvalue weighted by Gasteiger charge is 2.43. The lowest BCUT2D eigenvalue weighted by atomic mass is 10.1. The molecular formula is C36H35N5O6S. The van der Waals surface area contributed by atoms with Crippen LogP contribution in [-0.4, -0.2) is 83.8 Å². The summed E-state index contributed by atoms with van der Waals surface area (Å²) in [5, 5.41) is 14.3. The van der Waals surface area contributed by atoms with Crippen molar-refractivity contribution in [2.24, 2.45) is 0 Å². The zero-order valence-corrected chi connectivity index (χ0v) is 27.0. The number of likely N-dealkylation sites (N-methyl/N-ethyl adjacent to an activating group) is 1. The second-order valence-corrected chi connectivity index (χ2v) is 13.3. The molecule has 11 nitrogen and oxygen atoms in total. The Morgan fingerprint density at radius 3 is 2.29 bits per heavy atom. The fraction of sp³-hybridized carbons (Fsp3) is 0.194. The van der Waals surface area contributed by atoms with Crippen LogP contribution >= 0.6 is 0 Å². The standard InChI is InChI=1S/C36H35N5O6S/c1-39(25-32(42)26-10-4-2-5-11-26)35(43)31-24-40(36(44)38-28-17-19-30(20-18-28)47-29-14-6-3-7-15-29)22-23-41(31)48(45,46)33-16-8-12-27-13-9-21-37-34(27)33/h2-21,31-32,42H,22-25H2,1H3,(H,38,44). The van der Waals surface area contributed by atoms with Gasteiger partial charge >= 0.3 is 6.03 Å². The molecule has 1 saturated heterocycles. The van der Waals surface area contributed by atoms with Crippen LogP contribution in [0.15, 0.2) is 126 Å². The first kappa shape index (κ1) is 32.6. The van der Waals surface area contributed by atoms with E-state index < -0.39 is 34.1 Å². The van der Waals surface area contributed by atoms with E-state index in [0.29, 0.717) is 33.7 Å². The van der Waals surface area contributed by atoms with Crippen LogP contribution in [0.3, 0.4) is 0 Å². The van der Waals surface area contributed by atoms with Gasteiger partial charge in [-0.2, -0.15) is 4.31 Å². The number of carbonyl (C=O) groups is 2. The summed E-state index contributed by atoms with van der Waals surface area (Å²) >= 11 is 0. The van der Waals surface area contributed by atoms with Crippen molar-refractivity contribution >= 4 is 38.6 Å². The number of hydrogen-bond donors (Lipinski definition) is 2. The van der Waals surface area contributed by atoms with Gasteiger partial charge in [0.15, 0.2) is 0 Å². The molecule has 6 rings (SSSR count). The number of rotatable bonds is 9. The number of urea groups is 1. The molecule has 48 heavy (non-hydrogen) atoms. The number of anilines is 1. The van der Waals surface area contributed by atoms with Crippen molar-refractivity contribution in [2.45, 2.75) is 17.0 Å². The third-order valence-corrected chi connectivity index (χ3v) is 10.1. The van der Waals surface area contributed by atoms with E-state index in [4.69, 9.17) is 4.74 Å². The molecule has 0 radical (unpaired) electrons. The van der Waals surface area contributed by atoms with E-state index in [2.05, 4.69) is 10.3 Å². The van der Waals surface area contributed by atoms with Gasteiger partial charge < -0.3 is 25.0 Å². The number of para-hydroxylation sites is 2. The zero-order chi connectivity index (χ0) is 33.7. The van der Waals surface area contributed by atoms with E-state index in [0.717, 1.165) is 4.31 Å². The molecule has 1 fully saturated rings. The number of amides is 3. The Labute approximate surface area is 279 Å². The fourth-order valence-corrected chi connectivity index (χ4v) is 7.40. The van der Waals surface area contributed by atoms with Gasteiger partial charge in [0, 0.05) is 44.0 Å². The normalized spacial score (nSPS) is 15.9. The molecule has 1 aromatic heterocycles. The third-order valence-electron chi connectivity index (χ3n) is 8.18. The number of benzene rings is 4. The number of hydrogen-bond acceptors (Lipinski definition) is 7. The van der Waals surface area contributed by atoms with Crippen molar-refractivity contribution in [1.82, 2.24) is 19.1 Å². The van der Waals surface area contributed by atoms with Crippen LogP contribution in [0.4, 0.5) is 10.5 Å². The molecule has 1 aliphatic heterocycles. The number of aromatic nitrogens is 1. The maximum absolute atomic E-state index is 14.2. The summed E-state index contributed by atoms with van der Waals surface area (Å²) in [4.78, 5) is 34.6. The second kappa shape index (κ2) is 14.2. The predicted octanol–water partition coefficient (Wildman–Crippen LogP) is 5.13. The number of pyridine rings is 1. The molecule has 0 aliphatic carbocycles. The minimum absolute atomic E-state index is 0.0268. The Morgan fingerprint density at radius 2 is 1.56 bits per heavy atom. The molecule has 3 amide bonds. The third kappa shape index (κ3) is 7.15. The minimum atomic E-state index is -4.25. The average molecular weight is 666 g/mol. The van der Waals surface area contributed by atoms with Gasteiger partial charge in [-0.25, -0.2) is 13.2 Å². The van der Waals surface area contributed by atoms with Gasteiger partial charge in [-0.05, 0) is 54.1 Å². The first-order valence-corrected chi connectivity index (χ1v) is 16.9. The van der Waals surface area contributed by atoms with Crippen LogP contribution in [0.1, 0.15) is 11.7 Å². The van der Waals surface area contributed by atoms with Gasteiger partial charge in [-0.3, -0.25) is 9.78 Å². The van der Waals surface area contributed by atoms with Gasteiger partial charge in [-0.1, -0.05) is 66.7 Å². The fourth-order valence-electron chi connectivity index (χ4n) is 5.67. The van der Waals surface area contributed by atoms with Crippen LogP contribution in [0.25, 0.3) is 10.9 Å². The predicted molar refractivity (Wildman–Crippen MR) is 182 cm³/mol. The molecule has 2 N–H and O–H groups in total. The summed E-state index contributed by atoms with van der Waals surface area (Å²) in [5.74, 6) is 0.715. The molecule has 2 unspecified atom stereocenters. The van der Waals surface area contributed by atoms with Crippen LogP contribution in [0.2, 0.25) is 0 Å². The SMILES string of the molecule is CN(CC(O)c1ccccc1)C(=O)C1CN(C(=O)Nc2ccc(Oc3ccccc3)cc2)CCN1S(=O)(=O)c1cccc2cccnc12. The molecule has 4 aromatic carbocycles. The van der Waals surface area contributed by atoms with Gasteiger partial charge in [0.1, 0.15) is 22.4 Å². The summed E-state index contributed by atoms with van der Waals surface area (Å²) in [6, 6.07) is 31.7. The largest absolute Gasteiger partial charge is 0.457 e. The van der Waals surface area contributed by atoms with Crippen molar-refractivity contribution in [3.8, 4) is 11.5 Å². The van der Waals surface area contributed by atoms with Crippen LogP contribution in [0.5, 0.6) is 11.5 Å². The molecule has 1 aliphatic rings. The van der Waals surface area contributed by atoms with E-state index in [1.807, 2.05) is 36.4 Å². The van der Waals surface area contributed by atoms with Gasteiger partial charge in [-0.15, -0.1) is 0 Å². The van der Waals surface area contributed by atoms with Crippen molar-refractivity contribution < 1.29 is 27.9 Å². The van der Waals surface area contributed by atoms with E-state index in [-0.39, 0.29) is 31.1 Å². The summed E-state index contributed by atoms with van der Waals surface area (Å²) in [7, 11) is -2.74. The monoisotopic (exact) mass is 665 g/mol. The number of ether oxygens (including phenoxy) is 1. The van der Waals surface area contributed by atoms with Crippen molar-refractivity contribution in [1.29, 1.82) is 0 Å². The summed E-state index contributed by atoms with van der Waals surface area (Å²) in [6.07, 6.45) is 0.523. The Balaban J connectivity index is 1.23. The number of nitrogens with zero attached hydrogens (tertiary/aromatic N) is 4. The average Bonchev–Trinajstić information content (AvgIpc) is 3.12. The first-order valence-electron chi connectivity index (χ1n) is 15.4. The lowest BCUT2D eigenvalue weighted by Crippen LogP contribution is -2.62. The number of sulfonamides is 1. The van der Waals surface area contributed by atoms with E-state index in [1.54, 1.807) is 72.8 Å². The van der Waals surface area contributed by atoms with Gasteiger partial charge in [0.2, 0.25) is 15.9 Å². The molecule has 0 bridgehead atoms. The van der Waals surface area contributed by atoms with Crippen LogP contribution < -0.4 is 10.1 Å². The van der Waals surface area contributed by atoms with Crippen molar-refractivity contribution in [3.63, 3.8) is 0 Å². The number of aliphatic hydroxyl groups is 1. The molecule has 246 valence electrons. The summed E-state index contributed by atoms with van der Waals surface area (Å²) in [5.41, 5.74) is 1.41. The Bertz CT molecular complexity index is 1990. The van der Waals surface area contributed by atoms with Gasteiger partial charge in [0.25, 0.3) is 0 Å². The molecule has 12 heteroatoms. The van der Waals surface area contributed by atoms with Crippen molar-refractivity contribution in [2.75, 3.05) is 38.5 Å². The molecule has 5 aromatic rings. The quantitative estimate of drug-likeness (QED) is 0.223. The second-order valence-electron chi connectivity index (χ2n) is 11.4. The molecule has 2 heterocycles. The molecule has 2 atom stereocenters. The lowest BCUT2D eigenvalue weighted by Gasteiger charge is -2.41. The molecule has 0 spiro atoms. The molecule has 0 saturated carbocycles. The van der Waals surface area contributed by atoms with Crippen LogP contribution in [0, 0.1) is 0 Å². The smallest absolute Gasteiger partial charge is 0.321 e. The number of piperazine rings is 1. The van der Waals surface area contributed by atoms with E-state index >= 15 is 0 Å². The Morgan fingerprint density at radius 1 is 0.896 bits per heavy atom. The summed E-state index contributed by atoms with van der Waals surface area (Å²) < 4.78 is 35.5. The zero-order valence-electron chi connectivity index (χ0n) is 26.2. The maximum Gasteiger partial charge on any atom is 0.321 e. The highest BCUT2D eigenvalue weighted by Crippen LogP contribution is 2.29. The van der Waals surface area contributed by atoms with E-state index in [9.17, 15) is 23.1 Å². The highest BCUT2D eigenvalue weighted by molar-refractivity contribution is 7.89. The molecular weight excluding hydrogens is 630 g/mol. The van der Waals surface area contributed by atoms with Gasteiger partial charge in [0.05, 0.1) is 18.2 Å². The minimum Gasteiger partial charge on any atom is -0.457 e.